The number of amides is 1. The van der Waals surface area contributed by atoms with Crippen LogP contribution in [0.1, 0.15) is 29.5 Å². The van der Waals surface area contributed by atoms with Gasteiger partial charge in [0, 0.05) is 12.1 Å². The highest BCUT2D eigenvalue weighted by atomic mass is 16.2. The van der Waals surface area contributed by atoms with Crippen molar-refractivity contribution >= 4 is 17.2 Å². The zero-order chi connectivity index (χ0) is 17.1. The number of benzene rings is 2. The minimum absolute atomic E-state index is 0.115. The molecule has 1 unspecified atom stereocenters. The molecule has 1 atom stereocenters. The van der Waals surface area contributed by atoms with Crippen LogP contribution in [0.25, 0.3) is 5.57 Å². The number of anilines is 1. The Morgan fingerprint density at radius 3 is 2.64 bits per heavy atom. The Hall–Kier alpha value is -2.39. The number of aryl methyl sites for hydroxylation is 2. The van der Waals surface area contributed by atoms with Crippen LogP contribution in [-0.2, 0) is 17.6 Å². The van der Waals surface area contributed by atoms with Gasteiger partial charge < -0.3 is 10.2 Å². The summed E-state index contributed by atoms with van der Waals surface area (Å²) in [7, 11) is 0. The summed E-state index contributed by atoms with van der Waals surface area (Å²) < 4.78 is 0. The summed E-state index contributed by atoms with van der Waals surface area (Å²) >= 11 is 0. The monoisotopic (exact) mass is 333 g/mol. The zero-order valence-corrected chi connectivity index (χ0v) is 14.6. The Morgan fingerprint density at radius 1 is 1.00 bits per heavy atom. The standard InChI is InChI=1S/C22H24N2O/c25-22(23-21-10-9-18-7-4-8-20(18)15-21)16-24-13-11-19(12-14-24)17-5-2-1-3-6-17/h1-3,5-6,9-11,15H,4,7-8,12-14,16H2,(H,23,25)/p+1. The van der Waals surface area contributed by atoms with Gasteiger partial charge in [0.25, 0.3) is 5.91 Å². The van der Waals surface area contributed by atoms with Crippen LogP contribution in [0.2, 0.25) is 0 Å². The Labute approximate surface area is 149 Å². The molecule has 1 aliphatic heterocycles. The molecule has 1 heterocycles. The maximum Gasteiger partial charge on any atom is 0.279 e. The number of hydrogen-bond acceptors (Lipinski definition) is 1. The lowest BCUT2D eigenvalue weighted by molar-refractivity contribution is -0.886. The van der Waals surface area contributed by atoms with Crippen molar-refractivity contribution in [2.75, 3.05) is 25.0 Å². The minimum Gasteiger partial charge on any atom is -0.324 e. The van der Waals surface area contributed by atoms with Gasteiger partial charge in [0.1, 0.15) is 0 Å². The van der Waals surface area contributed by atoms with Crippen molar-refractivity contribution in [3.8, 4) is 0 Å². The number of carbonyl (C=O) groups excluding carboxylic acids is 1. The number of hydrogen-bond donors (Lipinski definition) is 2. The first kappa shape index (κ1) is 16.1. The zero-order valence-electron chi connectivity index (χ0n) is 14.6. The van der Waals surface area contributed by atoms with Crippen LogP contribution < -0.4 is 10.2 Å². The van der Waals surface area contributed by atoms with Gasteiger partial charge in [-0.25, -0.2) is 0 Å². The lowest BCUT2D eigenvalue weighted by atomic mass is 10.00. The highest BCUT2D eigenvalue weighted by Gasteiger charge is 2.19. The summed E-state index contributed by atoms with van der Waals surface area (Å²) in [6, 6.07) is 16.9. The van der Waals surface area contributed by atoms with Gasteiger partial charge in [0.05, 0.1) is 13.1 Å². The van der Waals surface area contributed by atoms with Crippen LogP contribution in [0.15, 0.2) is 54.6 Å². The van der Waals surface area contributed by atoms with Gasteiger partial charge in [-0.1, -0.05) is 36.4 Å². The van der Waals surface area contributed by atoms with E-state index in [9.17, 15) is 4.79 Å². The van der Waals surface area contributed by atoms with E-state index in [1.165, 1.54) is 40.0 Å². The van der Waals surface area contributed by atoms with E-state index in [0.29, 0.717) is 6.54 Å². The molecule has 2 N–H and O–H groups in total. The number of fused-ring (bicyclic) bond motifs is 1. The molecule has 1 amide bonds. The van der Waals surface area contributed by atoms with E-state index < -0.39 is 0 Å². The maximum atomic E-state index is 12.4. The number of rotatable bonds is 4. The molecule has 25 heavy (non-hydrogen) atoms. The fraction of sp³-hybridized carbons (Fsp3) is 0.318. The molecular weight excluding hydrogens is 308 g/mol. The molecule has 0 spiro atoms. The molecule has 0 aromatic heterocycles. The van der Waals surface area contributed by atoms with E-state index >= 15 is 0 Å². The molecule has 2 aromatic rings. The van der Waals surface area contributed by atoms with Crippen molar-refractivity contribution in [1.82, 2.24) is 0 Å². The summed E-state index contributed by atoms with van der Waals surface area (Å²) in [5.41, 5.74) is 6.51. The van der Waals surface area contributed by atoms with Gasteiger partial charge in [-0.2, -0.15) is 0 Å². The molecular formula is C22H25N2O+. The van der Waals surface area contributed by atoms with Crippen LogP contribution >= 0.6 is 0 Å². The largest absolute Gasteiger partial charge is 0.324 e. The Morgan fingerprint density at radius 2 is 1.84 bits per heavy atom. The highest BCUT2D eigenvalue weighted by molar-refractivity contribution is 5.91. The maximum absolute atomic E-state index is 12.4. The van der Waals surface area contributed by atoms with Gasteiger partial charge in [0.15, 0.2) is 6.54 Å². The first-order chi connectivity index (χ1) is 12.3. The van der Waals surface area contributed by atoms with E-state index in [2.05, 4.69) is 47.8 Å². The molecule has 0 saturated carbocycles. The first-order valence-corrected chi connectivity index (χ1v) is 9.27. The fourth-order valence-electron chi connectivity index (χ4n) is 3.94. The fourth-order valence-corrected chi connectivity index (χ4v) is 3.94. The predicted octanol–water partition coefficient (Wildman–Crippen LogP) is 2.49. The number of nitrogens with one attached hydrogen (secondary N) is 2. The van der Waals surface area contributed by atoms with Gasteiger partial charge in [-0.05, 0) is 59.7 Å². The second-order valence-electron chi connectivity index (χ2n) is 7.11. The summed E-state index contributed by atoms with van der Waals surface area (Å²) in [5, 5.41) is 3.08. The molecule has 2 aromatic carbocycles. The van der Waals surface area contributed by atoms with E-state index in [-0.39, 0.29) is 5.91 Å². The normalized spacial score (nSPS) is 19.2. The molecule has 0 radical (unpaired) electrons. The Kier molecular flexibility index (Phi) is 4.66. The molecule has 2 aliphatic rings. The summed E-state index contributed by atoms with van der Waals surface area (Å²) in [4.78, 5) is 13.7. The van der Waals surface area contributed by atoms with Crippen LogP contribution in [0.4, 0.5) is 5.69 Å². The summed E-state index contributed by atoms with van der Waals surface area (Å²) in [6.07, 6.45) is 6.88. The van der Waals surface area contributed by atoms with Crippen molar-refractivity contribution in [1.29, 1.82) is 0 Å². The lowest BCUT2D eigenvalue weighted by Crippen LogP contribution is -3.13. The minimum atomic E-state index is 0.115. The summed E-state index contributed by atoms with van der Waals surface area (Å²) in [5.74, 6) is 0.115. The quantitative estimate of drug-likeness (QED) is 0.885. The van der Waals surface area contributed by atoms with Crippen molar-refractivity contribution in [2.24, 2.45) is 0 Å². The SMILES string of the molecule is O=C(C[NH+]1CC=C(c2ccccc2)CC1)Nc1ccc2c(c1)CCC2. The molecule has 0 bridgehead atoms. The molecule has 0 fully saturated rings. The van der Waals surface area contributed by atoms with E-state index in [4.69, 9.17) is 0 Å². The number of carbonyl (C=O) groups is 1. The van der Waals surface area contributed by atoms with Crippen molar-refractivity contribution in [2.45, 2.75) is 25.7 Å². The second kappa shape index (κ2) is 7.24. The third-order valence-corrected chi connectivity index (χ3v) is 5.32. The Balaban J connectivity index is 1.32. The molecule has 128 valence electrons. The summed E-state index contributed by atoms with van der Waals surface area (Å²) in [6.45, 7) is 2.47. The van der Waals surface area contributed by atoms with Crippen LogP contribution in [-0.4, -0.2) is 25.5 Å². The second-order valence-corrected chi connectivity index (χ2v) is 7.11. The average molecular weight is 333 g/mol. The van der Waals surface area contributed by atoms with Crippen LogP contribution in [0.5, 0.6) is 0 Å². The predicted molar refractivity (Wildman–Crippen MR) is 102 cm³/mol. The third kappa shape index (κ3) is 3.83. The smallest absolute Gasteiger partial charge is 0.279 e. The number of quaternary nitrogens is 1. The van der Waals surface area contributed by atoms with E-state index in [1.807, 2.05) is 12.1 Å². The average Bonchev–Trinajstić information content (AvgIpc) is 3.11. The van der Waals surface area contributed by atoms with Crippen LogP contribution in [0.3, 0.4) is 0 Å². The van der Waals surface area contributed by atoms with Crippen molar-refractivity contribution in [3.63, 3.8) is 0 Å². The molecule has 1 aliphatic carbocycles. The molecule has 3 nitrogen and oxygen atoms in total. The van der Waals surface area contributed by atoms with E-state index in [0.717, 1.165) is 31.6 Å². The van der Waals surface area contributed by atoms with Crippen molar-refractivity contribution < 1.29 is 9.69 Å². The highest BCUT2D eigenvalue weighted by Crippen LogP contribution is 2.24. The first-order valence-electron chi connectivity index (χ1n) is 9.27. The Bertz CT molecular complexity index is 795. The van der Waals surface area contributed by atoms with Gasteiger partial charge in [-0.3, -0.25) is 4.79 Å². The lowest BCUT2D eigenvalue weighted by Gasteiger charge is -2.23. The molecule has 0 saturated heterocycles. The topological polar surface area (TPSA) is 33.5 Å². The third-order valence-electron chi connectivity index (χ3n) is 5.32. The van der Waals surface area contributed by atoms with Crippen LogP contribution in [0, 0.1) is 0 Å². The van der Waals surface area contributed by atoms with Crippen molar-refractivity contribution in [3.05, 3.63) is 71.3 Å². The van der Waals surface area contributed by atoms with Gasteiger partial charge in [-0.15, -0.1) is 0 Å². The molecule has 3 heteroatoms. The van der Waals surface area contributed by atoms with Gasteiger partial charge >= 0.3 is 0 Å². The van der Waals surface area contributed by atoms with E-state index in [1.54, 1.807) is 0 Å². The molecule has 4 rings (SSSR count). The van der Waals surface area contributed by atoms with Gasteiger partial charge in [0.2, 0.25) is 0 Å².